The summed E-state index contributed by atoms with van der Waals surface area (Å²) < 4.78 is 1.95. The summed E-state index contributed by atoms with van der Waals surface area (Å²) in [7, 11) is 0. The molecule has 3 rings (SSSR count). The average Bonchev–Trinajstić information content (AvgIpc) is 3.08. The van der Waals surface area contributed by atoms with E-state index < -0.39 is 0 Å². The van der Waals surface area contributed by atoms with Crippen molar-refractivity contribution in [1.82, 2.24) is 20.2 Å². The molecule has 1 aliphatic carbocycles. The Kier molecular flexibility index (Phi) is 4.47. The predicted octanol–water partition coefficient (Wildman–Crippen LogP) is 3.61. The second kappa shape index (κ2) is 6.34. The van der Waals surface area contributed by atoms with Gasteiger partial charge in [0.05, 0.1) is 6.04 Å². The standard InChI is InChI=1S/C14H18ClN5S/c1-9(16)12-7-6-11(8-13(12)15)21-14-17-18-19-20(14)10-4-2-3-5-10/h6-10H,2-5,16H2,1H3. The largest absolute Gasteiger partial charge is 0.324 e. The molecule has 1 fully saturated rings. The Balaban J connectivity index is 1.81. The summed E-state index contributed by atoms with van der Waals surface area (Å²) in [6, 6.07) is 6.28. The van der Waals surface area contributed by atoms with Crippen LogP contribution in [0.2, 0.25) is 5.02 Å². The fourth-order valence-electron chi connectivity index (χ4n) is 2.68. The number of halogens is 1. The molecule has 1 aromatic carbocycles. The highest BCUT2D eigenvalue weighted by atomic mass is 35.5. The molecule has 2 N–H and O–H groups in total. The van der Waals surface area contributed by atoms with Gasteiger partial charge in [0.2, 0.25) is 5.16 Å². The van der Waals surface area contributed by atoms with Crippen LogP contribution in [0.4, 0.5) is 0 Å². The summed E-state index contributed by atoms with van der Waals surface area (Å²) in [5.74, 6) is 0. The lowest BCUT2D eigenvalue weighted by atomic mass is 10.1. The number of rotatable bonds is 4. The molecule has 0 aliphatic heterocycles. The van der Waals surface area contributed by atoms with Crippen molar-refractivity contribution < 1.29 is 0 Å². The molecule has 21 heavy (non-hydrogen) atoms. The minimum Gasteiger partial charge on any atom is -0.324 e. The number of hydrogen-bond acceptors (Lipinski definition) is 5. The highest BCUT2D eigenvalue weighted by molar-refractivity contribution is 7.99. The lowest BCUT2D eigenvalue weighted by molar-refractivity contribution is 0.423. The first kappa shape index (κ1) is 14.8. The van der Waals surface area contributed by atoms with Gasteiger partial charge in [-0.25, -0.2) is 4.68 Å². The molecule has 112 valence electrons. The van der Waals surface area contributed by atoms with E-state index in [0.29, 0.717) is 11.1 Å². The van der Waals surface area contributed by atoms with E-state index in [0.717, 1.165) is 28.5 Å². The molecule has 1 unspecified atom stereocenters. The first-order valence-corrected chi connectivity index (χ1v) is 8.35. The Morgan fingerprint density at radius 3 is 2.81 bits per heavy atom. The van der Waals surface area contributed by atoms with E-state index in [4.69, 9.17) is 17.3 Å². The zero-order valence-electron chi connectivity index (χ0n) is 11.9. The number of hydrogen-bond donors (Lipinski definition) is 1. The molecular formula is C14H18ClN5S. The maximum Gasteiger partial charge on any atom is 0.214 e. The van der Waals surface area contributed by atoms with E-state index in [1.807, 2.05) is 29.8 Å². The van der Waals surface area contributed by atoms with Gasteiger partial charge in [0.15, 0.2) is 0 Å². The normalized spacial score (nSPS) is 17.3. The van der Waals surface area contributed by atoms with Gasteiger partial charge in [-0.3, -0.25) is 0 Å². The van der Waals surface area contributed by atoms with Gasteiger partial charge in [-0.15, -0.1) is 5.10 Å². The molecule has 0 radical (unpaired) electrons. The van der Waals surface area contributed by atoms with E-state index in [1.54, 1.807) is 11.8 Å². The zero-order valence-corrected chi connectivity index (χ0v) is 13.4. The quantitative estimate of drug-likeness (QED) is 0.930. The number of aromatic nitrogens is 4. The van der Waals surface area contributed by atoms with Crippen LogP contribution in [0.25, 0.3) is 0 Å². The van der Waals surface area contributed by atoms with Crippen LogP contribution in [0, 0.1) is 0 Å². The van der Waals surface area contributed by atoms with Crippen LogP contribution in [0.1, 0.15) is 50.3 Å². The summed E-state index contributed by atoms with van der Waals surface area (Å²) in [6.45, 7) is 1.93. The van der Waals surface area contributed by atoms with Gasteiger partial charge in [-0.2, -0.15) is 0 Å². The van der Waals surface area contributed by atoms with Gasteiger partial charge < -0.3 is 5.73 Å². The van der Waals surface area contributed by atoms with Crippen LogP contribution in [0.5, 0.6) is 0 Å². The molecular weight excluding hydrogens is 306 g/mol. The lowest BCUT2D eigenvalue weighted by Gasteiger charge is -2.12. The second-order valence-electron chi connectivity index (χ2n) is 5.42. The van der Waals surface area contributed by atoms with Gasteiger partial charge in [0, 0.05) is 16.0 Å². The monoisotopic (exact) mass is 323 g/mol. The number of benzene rings is 1. The van der Waals surface area contributed by atoms with Crippen molar-refractivity contribution in [3.8, 4) is 0 Å². The molecule has 2 aromatic rings. The number of nitrogens with zero attached hydrogens (tertiary/aromatic N) is 4. The van der Waals surface area contributed by atoms with Crippen LogP contribution >= 0.6 is 23.4 Å². The van der Waals surface area contributed by atoms with Crippen molar-refractivity contribution in [2.45, 2.75) is 54.7 Å². The van der Waals surface area contributed by atoms with Crippen LogP contribution in [0.15, 0.2) is 28.3 Å². The van der Waals surface area contributed by atoms with Gasteiger partial charge in [0.1, 0.15) is 0 Å². The molecule has 7 heteroatoms. The van der Waals surface area contributed by atoms with Crippen LogP contribution in [-0.2, 0) is 0 Å². The zero-order chi connectivity index (χ0) is 14.8. The third-order valence-corrected chi connectivity index (χ3v) is 5.07. The minimum absolute atomic E-state index is 0.0691. The van der Waals surface area contributed by atoms with Gasteiger partial charge >= 0.3 is 0 Å². The SMILES string of the molecule is CC(N)c1ccc(Sc2nnnn2C2CCCC2)cc1Cl. The summed E-state index contributed by atoms with van der Waals surface area (Å²) in [5.41, 5.74) is 6.83. The molecule has 1 saturated carbocycles. The summed E-state index contributed by atoms with van der Waals surface area (Å²) in [4.78, 5) is 1.03. The first-order valence-electron chi connectivity index (χ1n) is 7.16. The molecule has 1 aliphatic rings. The molecule has 0 spiro atoms. The Morgan fingerprint density at radius 2 is 2.14 bits per heavy atom. The van der Waals surface area contributed by atoms with Gasteiger partial charge in [-0.1, -0.05) is 30.5 Å². The van der Waals surface area contributed by atoms with Crippen molar-refractivity contribution in [1.29, 1.82) is 0 Å². The van der Waals surface area contributed by atoms with Crippen molar-refractivity contribution in [3.05, 3.63) is 28.8 Å². The Labute approximate surface area is 133 Å². The Hall–Kier alpha value is -1.11. The molecule has 1 aromatic heterocycles. The van der Waals surface area contributed by atoms with E-state index in [2.05, 4.69) is 15.5 Å². The fraction of sp³-hybridized carbons (Fsp3) is 0.500. The molecule has 1 heterocycles. The summed E-state index contributed by atoms with van der Waals surface area (Å²) in [6.07, 6.45) is 4.82. The van der Waals surface area contributed by atoms with E-state index >= 15 is 0 Å². The summed E-state index contributed by atoms with van der Waals surface area (Å²) >= 11 is 7.82. The number of nitrogens with two attached hydrogens (primary N) is 1. The van der Waals surface area contributed by atoms with Crippen molar-refractivity contribution in [2.24, 2.45) is 5.73 Å². The molecule has 0 bridgehead atoms. The van der Waals surface area contributed by atoms with E-state index in [9.17, 15) is 0 Å². The van der Waals surface area contributed by atoms with Gasteiger partial charge in [-0.05, 0) is 59.7 Å². The first-order chi connectivity index (χ1) is 10.1. The highest BCUT2D eigenvalue weighted by Crippen LogP contribution is 2.35. The van der Waals surface area contributed by atoms with Gasteiger partial charge in [0.25, 0.3) is 0 Å². The fourth-order valence-corrected chi connectivity index (χ4v) is 3.97. The second-order valence-corrected chi connectivity index (χ2v) is 6.87. The topological polar surface area (TPSA) is 69.6 Å². The molecule has 0 saturated heterocycles. The molecule has 5 nitrogen and oxygen atoms in total. The maximum absolute atomic E-state index is 6.28. The van der Waals surface area contributed by atoms with Crippen LogP contribution < -0.4 is 5.73 Å². The minimum atomic E-state index is -0.0691. The van der Waals surface area contributed by atoms with Crippen molar-refractivity contribution in [2.75, 3.05) is 0 Å². The van der Waals surface area contributed by atoms with Crippen molar-refractivity contribution >= 4 is 23.4 Å². The lowest BCUT2D eigenvalue weighted by Crippen LogP contribution is -2.08. The third-order valence-electron chi connectivity index (χ3n) is 3.80. The van der Waals surface area contributed by atoms with Crippen LogP contribution in [-0.4, -0.2) is 20.2 Å². The van der Waals surface area contributed by atoms with E-state index in [-0.39, 0.29) is 6.04 Å². The molecule has 0 amide bonds. The highest BCUT2D eigenvalue weighted by Gasteiger charge is 2.22. The van der Waals surface area contributed by atoms with E-state index in [1.165, 1.54) is 12.8 Å². The average molecular weight is 324 g/mol. The van der Waals surface area contributed by atoms with Crippen LogP contribution in [0.3, 0.4) is 0 Å². The maximum atomic E-state index is 6.28. The Morgan fingerprint density at radius 1 is 1.38 bits per heavy atom. The number of tetrazole rings is 1. The summed E-state index contributed by atoms with van der Waals surface area (Å²) in [5, 5.41) is 13.6. The third kappa shape index (κ3) is 3.22. The molecule has 1 atom stereocenters. The smallest absolute Gasteiger partial charge is 0.214 e. The Bertz CT molecular complexity index is 622. The predicted molar refractivity (Wildman–Crippen MR) is 83.5 cm³/mol. The van der Waals surface area contributed by atoms with Crippen molar-refractivity contribution in [3.63, 3.8) is 0 Å².